The number of amides is 2. The summed E-state index contributed by atoms with van der Waals surface area (Å²) in [5, 5.41) is 4.71. The summed E-state index contributed by atoms with van der Waals surface area (Å²) >= 11 is 7.96. The quantitative estimate of drug-likeness (QED) is 0.185. The zero-order chi connectivity index (χ0) is 35.6. The molecule has 262 valence electrons. The van der Waals surface area contributed by atoms with Crippen LogP contribution in [0.1, 0.15) is 44.7 Å². The molecule has 0 bridgehead atoms. The van der Waals surface area contributed by atoms with E-state index in [2.05, 4.69) is 26.3 Å². The lowest BCUT2D eigenvalue weighted by atomic mass is 9.73. The number of aryl methyl sites for hydroxylation is 1. The van der Waals surface area contributed by atoms with Crippen LogP contribution in [-0.4, -0.2) is 54.6 Å². The van der Waals surface area contributed by atoms with Crippen molar-refractivity contribution in [2.45, 2.75) is 26.2 Å². The number of carbonyl (C=O) groups is 2. The summed E-state index contributed by atoms with van der Waals surface area (Å²) in [6.07, 6.45) is 6.44. The van der Waals surface area contributed by atoms with Crippen LogP contribution >= 0.6 is 22.9 Å². The molecule has 0 aliphatic carbocycles. The second-order valence-corrected chi connectivity index (χ2v) is 15.6. The van der Waals surface area contributed by atoms with Crippen molar-refractivity contribution in [1.82, 2.24) is 9.97 Å². The number of rotatable bonds is 5. The Bertz CT molecular complexity index is 2370. The van der Waals surface area contributed by atoms with Gasteiger partial charge in [0.2, 0.25) is 0 Å². The van der Waals surface area contributed by atoms with Gasteiger partial charge in [-0.25, -0.2) is 9.37 Å². The minimum Gasteiger partial charge on any atom is -0.381 e. The summed E-state index contributed by atoms with van der Waals surface area (Å²) in [6.45, 7) is 5.59. The first-order chi connectivity index (χ1) is 25.2. The number of nitrogens with one attached hydrogen (secondary N) is 2. The third-order valence-corrected chi connectivity index (χ3v) is 12.1. The number of aromatic nitrogens is 2. The first-order valence-electron chi connectivity index (χ1n) is 17.5. The molecule has 3 aromatic heterocycles. The molecule has 8 nitrogen and oxygen atoms in total. The molecular weight excluding hydrogens is 697 g/mol. The monoisotopic (exact) mass is 731 g/mol. The molecule has 0 unspecified atom stereocenters. The first kappa shape index (κ1) is 32.8. The predicted molar refractivity (Wildman–Crippen MR) is 205 cm³/mol. The number of carbonyl (C=O) groups excluding carboxylic acids is 2. The number of fused-ring (bicyclic) bond motifs is 4. The van der Waals surface area contributed by atoms with Crippen molar-refractivity contribution in [2.24, 2.45) is 5.41 Å². The van der Waals surface area contributed by atoms with Crippen LogP contribution in [0.25, 0.3) is 31.8 Å². The fourth-order valence-electron chi connectivity index (χ4n) is 7.82. The van der Waals surface area contributed by atoms with Gasteiger partial charge in [-0.15, -0.1) is 11.3 Å². The zero-order valence-corrected chi connectivity index (χ0v) is 30.0. The molecule has 1 spiro atoms. The number of anilines is 3. The van der Waals surface area contributed by atoms with Gasteiger partial charge in [0.1, 0.15) is 11.6 Å². The molecule has 0 saturated carbocycles. The van der Waals surface area contributed by atoms with Crippen molar-refractivity contribution >= 4 is 62.8 Å². The van der Waals surface area contributed by atoms with Crippen molar-refractivity contribution in [3.05, 3.63) is 118 Å². The minimum absolute atomic E-state index is 0.238. The second kappa shape index (κ2) is 12.9. The number of aromatic amines is 1. The highest BCUT2D eigenvalue weighted by atomic mass is 35.5. The molecule has 3 aliphatic rings. The van der Waals surface area contributed by atoms with Crippen LogP contribution < -0.4 is 15.1 Å². The molecule has 2 saturated heterocycles. The average molecular weight is 732 g/mol. The lowest BCUT2D eigenvalue weighted by Gasteiger charge is -2.53. The van der Waals surface area contributed by atoms with Gasteiger partial charge in [-0.1, -0.05) is 11.6 Å². The third-order valence-electron chi connectivity index (χ3n) is 10.6. The molecule has 2 amide bonds. The summed E-state index contributed by atoms with van der Waals surface area (Å²) in [5.74, 6) is -0.217. The first-order valence-corrected chi connectivity index (χ1v) is 18.7. The van der Waals surface area contributed by atoms with E-state index in [-0.39, 0.29) is 17.2 Å². The highest BCUT2D eigenvalue weighted by Crippen LogP contribution is 2.46. The van der Waals surface area contributed by atoms with Crippen molar-refractivity contribution in [3.63, 3.8) is 0 Å². The Morgan fingerprint density at radius 3 is 2.62 bits per heavy atom. The van der Waals surface area contributed by atoms with E-state index in [0.29, 0.717) is 46.3 Å². The predicted octanol–water partition coefficient (Wildman–Crippen LogP) is 9.13. The van der Waals surface area contributed by atoms with Gasteiger partial charge >= 0.3 is 0 Å². The Hall–Kier alpha value is -5.03. The molecule has 2 N–H and O–H groups in total. The summed E-state index contributed by atoms with van der Waals surface area (Å²) in [4.78, 5) is 41.6. The number of halogens is 2. The molecule has 52 heavy (non-hydrogen) atoms. The molecule has 11 heteroatoms. The molecule has 6 heterocycles. The fourth-order valence-corrected chi connectivity index (χ4v) is 9.27. The fraction of sp³-hybridized carbons (Fsp3) is 0.244. The highest BCUT2D eigenvalue weighted by molar-refractivity contribution is 7.19. The van der Waals surface area contributed by atoms with E-state index >= 15 is 0 Å². The third kappa shape index (κ3) is 5.84. The smallest absolute Gasteiger partial charge is 0.259 e. The van der Waals surface area contributed by atoms with Gasteiger partial charge < -0.3 is 24.8 Å². The number of benzene rings is 3. The Morgan fingerprint density at radius 2 is 1.81 bits per heavy atom. The maximum atomic E-state index is 14.8. The maximum Gasteiger partial charge on any atom is 0.259 e. The van der Waals surface area contributed by atoms with E-state index in [9.17, 15) is 14.0 Å². The molecule has 6 aromatic rings. The number of hydrogen-bond donors (Lipinski definition) is 2. The standard InChI is InChI=1S/C41H35ClFN5O3S/c1-24-16-32(38(45-20-24)47-22-41(23-47)11-14-51-15-12-41)39(49)46-29-6-2-25(3-7-29)40(50)48-13-10-26-17-36(33-21-44-34-9-4-27(42)18-31(33)34)52-37(26)30-8-5-28(43)19-35(30)48/h2-9,16-21,44H,10-15,22-23H2,1H3,(H,46,49). The Morgan fingerprint density at radius 1 is 1.00 bits per heavy atom. The van der Waals surface area contributed by atoms with Crippen molar-refractivity contribution < 1.29 is 18.7 Å². The Labute approximate surface area is 309 Å². The van der Waals surface area contributed by atoms with E-state index in [1.54, 1.807) is 52.8 Å². The summed E-state index contributed by atoms with van der Waals surface area (Å²) < 4.78 is 20.4. The number of thiophene rings is 1. The van der Waals surface area contributed by atoms with Crippen molar-refractivity contribution in [1.29, 1.82) is 0 Å². The molecule has 3 aliphatic heterocycles. The van der Waals surface area contributed by atoms with Gasteiger partial charge in [-0.05, 0) is 110 Å². The molecule has 0 radical (unpaired) electrons. The van der Waals surface area contributed by atoms with Gasteiger partial charge in [0.25, 0.3) is 11.8 Å². The topological polar surface area (TPSA) is 90.6 Å². The lowest BCUT2D eigenvalue weighted by Crippen LogP contribution is -2.59. The summed E-state index contributed by atoms with van der Waals surface area (Å²) in [6, 6.07) is 21.4. The second-order valence-electron chi connectivity index (χ2n) is 14.1. The SMILES string of the molecule is Cc1cnc(N2CC3(CCOCC3)C2)c(C(=O)Nc2ccc(C(=O)N3CCc4cc(-c5c[nH]c6ccc(Cl)cc56)sc4-c4ccc(F)cc43)cc2)c1. The van der Waals surface area contributed by atoms with Gasteiger partial charge in [0.05, 0.1) is 11.3 Å². The van der Waals surface area contributed by atoms with E-state index in [4.69, 9.17) is 16.3 Å². The van der Waals surface area contributed by atoms with E-state index in [0.717, 1.165) is 82.1 Å². The average Bonchev–Trinajstić information content (AvgIpc) is 3.71. The zero-order valence-electron chi connectivity index (χ0n) is 28.5. The number of pyridine rings is 1. The maximum absolute atomic E-state index is 14.8. The molecule has 9 rings (SSSR count). The summed E-state index contributed by atoms with van der Waals surface area (Å²) in [7, 11) is 0. The molecule has 0 atom stereocenters. The van der Waals surface area contributed by atoms with E-state index < -0.39 is 5.82 Å². The molecule has 3 aromatic carbocycles. The van der Waals surface area contributed by atoms with Crippen molar-refractivity contribution in [3.8, 4) is 20.9 Å². The van der Waals surface area contributed by atoms with Crippen LogP contribution in [0.4, 0.5) is 21.6 Å². The number of H-pyrrole nitrogens is 1. The summed E-state index contributed by atoms with van der Waals surface area (Å²) in [5.41, 5.74) is 7.17. The van der Waals surface area contributed by atoms with E-state index in [1.807, 2.05) is 37.4 Å². The number of ether oxygens (including phenoxy) is 1. The molecular formula is C41H35ClFN5O3S. The normalized spacial score (nSPS) is 16.3. The van der Waals surface area contributed by atoms with Gasteiger partial charge in [0.15, 0.2) is 0 Å². The van der Waals surface area contributed by atoms with Gasteiger partial charge in [0, 0.05) is 98.7 Å². The lowest BCUT2D eigenvalue weighted by molar-refractivity contribution is -0.000510. The Balaban J connectivity index is 0.947. The van der Waals surface area contributed by atoms with Crippen LogP contribution in [-0.2, 0) is 11.2 Å². The van der Waals surface area contributed by atoms with Crippen LogP contribution in [0.2, 0.25) is 5.02 Å². The van der Waals surface area contributed by atoms with Gasteiger partial charge in [-0.2, -0.15) is 0 Å². The van der Waals surface area contributed by atoms with Gasteiger partial charge in [-0.3, -0.25) is 9.59 Å². The van der Waals surface area contributed by atoms with Crippen LogP contribution in [0.5, 0.6) is 0 Å². The van der Waals surface area contributed by atoms with Crippen LogP contribution in [0.3, 0.4) is 0 Å². The van der Waals surface area contributed by atoms with Crippen molar-refractivity contribution in [2.75, 3.05) is 48.0 Å². The Kier molecular flexibility index (Phi) is 8.13. The molecule has 2 fully saturated rings. The van der Waals surface area contributed by atoms with Crippen LogP contribution in [0, 0.1) is 18.2 Å². The number of nitrogens with zero attached hydrogens (tertiary/aromatic N) is 3. The largest absolute Gasteiger partial charge is 0.381 e. The minimum atomic E-state index is -0.410. The number of hydrogen-bond acceptors (Lipinski definition) is 6. The highest BCUT2D eigenvalue weighted by Gasteiger charge is 2.45. The van der Waals surface area contributed by atoms with Crippen LogP contribution in [0.15, 0.2) is 85.2 Å². The van der Waals surface area contributed by atoms with E-state index in [1.165, 1.54) is 12.1 Å².